The number of nitrogens with two attached hydrogens (primary N) is 3. The summed E-state index contributed by atoms with van der Waals surface area (Å²) in [6.07, 6.45) is 2.18. The van der Waals surface area contributed by atoms with E-state index in [9.17, 15) is 53.1 Å². The van der Waals surface area contributed by atoms with Crippen molar-refractivity contribution < 1.29 is 53.1 Å². The van der Waals surface area contributed by atoms with E-state index in [0.29, 0.717) is 16.8 Å². The molecule has 0 aliphatic carbocycles. The molecule has 388 valence electrons. The molecule has 0 spiro atoms. The van der Waals surface area contributed by atoms with Crippen LogP contribution in [0.3, 0.4) is 0 Å². The molecule has 4 rings (SSSR count). The molecule has 0 aliphatic heterocycles. The third-order valence-electron chi connectivity index (χ3n) is 11.1. The number of nitrogens with one attached hydrogen (secondary N) is 10. The van der Waals surface area contributed by atoms with Crippen molar-refractivity contribution in [2.45, 2.75) is 108 Å². The highest BCUT2D eigenvalue weighted by molar-refractivity contribution is 5.98. The summed E-state index contributed by atoms with van der Waals surface area (Å²) in [5, 5.41) is 31.1. The lowest BCUT2D eigenvalue weighted by Crippen LogP contribution is -2.60. The second-order valence-corrected chi connectivity index (χ2v) is 17.5. The molecule has 0 radical (unpaired) electrons. The summed E-state index contributed by atoms with van der Waals surface area (Å²) >= 11 is 0. The van der Waals surface area contributed by atoms with Gasteiger partial charge in [-0.15, -0.1) is 0 Å². The summed E-state index contributed by atoms with van der Waals surface area (Å²) in [5.41, 5.74) is 18.8. The van der Waals surface area contributed by atoms with Crippen LogP contribution in [0.1, 0.15) is 57.4 Å². The zero-order valence-corrected chi connectivity index (χ0v) is 40.3. The molecule has 25 nitrogen and oxygen atoms in total. The van der Waals surface area contributed by atoms with Crippen molar-refractivity contribution in [3.8, 4) is 0 Å². The fraction of sp³-hybridized carbons (Fsp3) is 0.426. The van der Waals surface area contributed by atoms with Gasteiger partial charge in [-0.05, 0) is 43.4 Å². The number of aliphatic hydroxyl groups is 1. The molecule has 72 heavy (non-hydrogen) atoms. The second-order valence-electron chi connectivity index (χ2n) is 17.5. The Bertz CT molecular complexity index is 2530. The average Bonchev–Trinajstić information content (AvgIpc) is 4.01. The van der Waals surface area contributed by atoms with Crippen molar-refractivity contribution in [3.05, 3.63) is 90.1 Å². The molecule has 2 aromatic heterocycles. The Labute approximate surface area is 414 Å². The Hall–Kier alpha value is -8.19. The van der Waals surface area contributed by atoms with Crippen LogP contribution in [0.2, 0.25) is 0 Å². The predicted molar refractivity (Wildman–Crippen MR) is 260 cm³/mol. The highest BCUT2D eigenvalue weighted by atomic mass is 16.3. The number of carbonyl (C=O) groups excluding carboxylic acids is 10. The van der Waals surface area contributed by atoms with E-state index in [1.54, 1.807) is 74.6 Å². The van der Waals surface area contributed by atoms with Crippen molar-refractivity contribution in [3.63, 3.8) is 0 Å². The molecule has 2 aromatic carbocycles. The molecule has 0 bridgehead atoms. The van der Waals surface area contributed by atoms with Crippen LogP contribution in [-0.2, 0) is 67.2 Å². The first kappa shape index (κ1) is 56.4. The minimum Gasteiger partial charge on any atom is -0.391 e. The SMILES string of the molecule is CC(C)C[C@H](NC(=O)[C@H](CC(N)=O)NC(=O)CN)C(=O)N[C@@H](Cc1c[nH]c2ccccc12)C(=O)N[C@@H](C)C(=O)N[C@H](C(=O)NCC(=O)N[C@@H](Cc1cnc[nH]1)C(=O)N[C@@H](Cc1ccccc1)C(N)=O)[C@@H](C)O. The first-order valence-corrected chi connectivity index (χ1v) is 23.1. The van der Waals surface area contributed by atoms with E-state index in [-0.39, 0.29) is 31.6 Å². The van der Waals surface area contributed by atoms with E-state index in [4.69, 9.17) is 17.2 Å². The molecule has 0 fully saturated rings. The number of hydrogen-bond acceptors (Lipinski definition) is 13. The number of fused-ring (bicyclic) bond motifs is 1. The zero-order valence-electron chi connectivity index (χ0n) is 40.3. The lowest BCUT2D eigenvalue weighted by Gasteiger charge is -2.27. The number of aromatic nitrogens is 3. The van der Waals surface area contributed by atoms with E-state index in [1.165, 1.54) is 26.4 Å². The number of H-pyrrole nitrogens is 2. The van der Waals surface area contributed by atoms with E-state index in [0.717, 1.165) is 10.9 Å². The van der Waals surface area contributed by atoms with Crippen molar-refractivity contribution in [1.29, 1.82) is 0 Å². The fourth-order valence-corrected chi connectivity index (χ4v) is 7.40. The van der Waals surface area contributed by atoms with Gasteiger partial charge in [0.15, 0.2) is 0 Å². The fourth-order valence-electron chi connectivity index (χ4n) is 7.40. The van der Waals surface area contributed by atoms with Crippen LogP contribution in [0.15, 0.2) is 73.3 Å². The smallest absolute Gasteiger partial charge is 0.245 e. The lowest BCUT2D eigenvalue weighted by molar-refractivity contribution is -0.136. The topological polar surface area (TPSA) is 410 Å². The van der Waals surface area contributed by atoms with Crippen molar-refractivity contribution >= 4 is 70.0 Å². The second kappa shape index (κ2) is 27.3. The molecule has 10 amide bonds. The zero-order chi connectivity index (χ0) is 53.1. The standard InChI is InChI=1S/C47H64N14O11/c1-24(2)14-33(59-46(71)36(18-37(49)63)56-38(64)19-48)44(69)60-34(16-28-20-52-31-13-9-8-12-30(28)31)43(68)55-25(3)42(67)61-40(26(4)62)47(72)53-22-39(65)57-35(17-29-21-51-23-54-29)45(70)58-32(41(50)66)15-27-10-6-5-7-11-27/h5-13,20-21,23-26,32-36,40,52,62H,14-19,22,48H2,1-4H3,(H2,49,63)(H2,50,66)(H,51,54)(H,53,72)(H,55,68)(H,56,64)(H,57,65)(H,58,70)(H,59,71)(H,60,69)(H,61,67)/t25-,26+,32-,33-,34-,35-,36-,40-/m0/s1. The molecule has 0 aliphatic rings. The summed E-state index contributed by atoms with van der Waals surface area (Å²) in [7, 11) is 0. The van der Waals surface area contributed by atoms with Gasteiger partial charge in [0.2, 0.25) is 59.1 Å². The number of aromatic amines is 2. The Balaban J connectivity index is 1.45. The van der Waals surface area contributed by atoms with E-state index < -0.39 is 127 Å². The number of primary amides is 2. The highest BCUT2D eigenvalue weighted by Gasteiger charge is 2.34. The third-order valence-corrected chi connectivity index (χ3v) is 11.1. The van der Waals surface area contributed by atoms with Gasteiger partial charge in [0, 0.05) is 48.3 Å². The number of carbonyl (C=O) groups is 10. The monoisotopic (exact) mass is 1000 g/mol. The Morgan fingerprint density at radius 1 is 0.625 bits per heavy atom. The minimum atomic E-state index is -1.67. The molecular weight excluding hydrogens is 937 g/mol. The van der Waals surface area contributed by atoms with Crippen LogP contribution < -0.4 is 59.7 Å². The van der Waals surface area contributed by atoms with E-state index >= 15 is 0 Å². The number of imidazole rings is 1. The number of hydrogen-bond donors (Lipinski definition) is 14. The number of aliphatic hydroxyl groups excluding tert-OH is 1. The molecule has 0 saturated heterocycles. The molecular formula is C47H64N14O11. The Kier molecular flexibility index (Phi) is 21.4. The van der Waals surface area contributed by atoms with Crippen molar-refractivity contribution in [2.75, 3.05) is 13.1 Å². The largest absolute Gasteiger partial charge is 0.391 e. The summed E-state index contributed by atoms with van der Waals surface area (Å²) in [6.45, 7) is 4.79. The van der Waals surface area contributed by atoms with Crippen LogP contribution in [0.5, 0.6) is 0 Å². The predicted octanol–water partition coefficient (Wildman–Crippen LogP) is -3.81. The van der Waals surface area contributed by atoms with Gasteiger partial charge >= 0.3 is 0 Å². The van der Waals surface area contributed by atoms with Crippen LogP contribution in [-0.4, -0.2) is 141 Å². The van der Waals surface area contributed by atoms with Crippen molar-refractivity contribution in [2.24, 2.45) is 23.1 Å². The molecule has 0 saturated carbocycles. The number of para-hydroxylation sites is 1. The maximum absolute atomic E-state index is 14.1. The maximum atomic E-state index is 14.1. The van der Waals surface area contributed by atoms with Crippen LogP contribution in [0.25, 0.3) is 10.9 Å². The Morgan fingerprint density at radius 3 is 1.85 bits per heavy atom. The van der Waals surface area contributed by atoms with Crippen LogP contribution in [0, 0.1) is 5.92 Å². The van der Waals surface area contributed by atoms with Gasteiger partial charge in [-0.2, -0.15) is 0 Å². The van der Waals surface area contributed by atoms with Crippen LogP contribution >= 0.6 is 0 Å². The maximum Gasteiger partial charge on any atom is 0.245 e. The van der Waals surface area contributed by atoms with E-state index in [2.05, 4.69) is 57.5 Å². The normalized spacial score (nSPS) is 14.4. The van der Waals surface area contributed by atoms with Crippen LogP contribution in [0.4, 0.5) is 0 Å². The highest BCUT2D eigenvalue weighted by Crippen LogP contribution is 2.20. The van der Waals surface area contributed by atoms with Gasteiger partial charge in [0.25, 0.3) is 0 Å². The van der Waals surface area contributed by atoms with Gasteiger partial charge in [-0.3, -0.25) is 47.9 Å². The Morgan fingerprint density at radius 2 is 1.22 bits per heavy atom. The molecule has 4 aromatic rings. The third kappa shape index (κ3) is 17.6. The lowest BCUT2D eigenvalue weighted by atomic mass is 10.00. The quantitative estimate of drug-likeness (QED) is 0.0260. The summed E-state index contributed by atoms with van der Waals surface area (Å²) in [6, 6.07) is 6.30. The molecule has 2 heterocycles. The van der Waals surface area contributed by atoms with Gasteiger partial charge in [-0.25, -0.2) is 4.98 Å². The number of benzene rings is 2. The summed E-state index contributed by atoms with van der Waals surface area (Å²) < 4.78 is 0. The summed E-state index contributed by atoms with van der Waals surface area (Å²) in [5.74, 6) is -8.88. The average molecular weight is 1000 g/mol. The number of amides is 10. The first-order chi connectivity index (χ1) is 34.1. The molecule has 25 heteroatoms. The summed E-state index contributed by atoms with van der Waals surface area (Å²) in [4.78, 5) is 141. The van der Waals surface area contributed by atoms with Crippen molar-refractivity contribution in [1.82, 2.24) is 57.5 Å². The van der Waals surface area contributed by atoms with Gasteiger partial charge < -0.3 is 74.8 Å². The molecule has 17 N–H and O–H groups in total. The van der Waals surface area contributed by atoms with E-state index in [1.807, 2.05) is 0 Å². The molecule has 8 atom stereocenters. The van der Waals surface area contributed by atoms with Gasteiger partial charge in [-0.1, -0.05) is 62.4 Å². The van der Waals surface area contributed by atoms with Gasteiger partial charge in [0.1, 0.15) is 42.3 Å². The first-order valence-electron chi connectivity index (χ1n) is 23.1. The minimum absolute atomic E-state index is 0.0457. The van der Waals surface area contributed by atoms with Gasteiger partial charge in [0.05, 0.1) is 31.9 Å². The molecule has 0 unspecified atom stereocenters. The number of nitrogens with zero attached hydrogens (tertiary/aromatic N) is 1. The number of rotatable bonds is 28.